The van der Waals surface area contributed by atoms with Crippen LogP contribution in [0.25, 0.3) is 0 Å². The summed E-state index contributed by atoms with van der Waals surface area (Å²) in [6.45, 7) is 2.00. The topological polar surface area (TPSA) is 76.7 Å². The molecule has 2 aromatic heterocycles. The first-order chi connectivity index (χ1) is 8.16. The fourth-order valence-corrected chi connectivity index (χ4v) is 1.57. The van der Waals surface area contributed by atoms with Crippen molar-refractivity contribution in [2.24, 2.45) is 0 Å². The maximum atomic E-state index is 5.97. The van der Waals surface area contributed by atoms with Gasteiger partial charge in [0, 0.05) is 12.4 Å². The Morgan fingerprint density at radius 2 is 2.06 bits per heavy atom. The van der Waals surface area contributed by atoms with Crippen LogP contribution in [0, 0.1) is 0 Å². The van der Waals surface area contributed by atoms with Gasteiger partial charge in [-0.05, 0) is 24.6 Å². The van der Waals surface area contributed by atoms with Crippen LogP contribution in [0.4, 0.5) is 11.8 Å². The highest BCUT2D eigenvalue weighted by atomic mass is 35.5. The van der Waals surface area contributed by atoms with Gasteiger partial charge in [0.2, 0.25) is 5.95 Å². The van der Waals surface area contributed by atoms with Crippen molar-refractivity contribution in [2.45, 2.75) is 13.0 Å². The lowest BCUT2D eigenvalue weighted by molar-refractivity contribution is 0.869. The highest BCUT2D eigenvalue weighted by Gasteiger charge is 2.09. The Morgan fingerprint density at radius 1 is 1.35 bits per heavy atom. The Bertz CT molecular complexity index is 502. The van der Waals surface area contributed by atoms with E-state index in [2.05, 4.69) is 20.3 Å². The number of pyridine rings is 1. The number of aromatic nitrogens is 3. The first-order valence-electron chi connectivity index (χ1n) is 5.11. The molecule has 0 saturated heterocycles. The van der Waals surface area contributed by atoms with Crippen LogP contribution >= 0.6 is 11.6 Å². The molecule has 0 fully saturated rings. The number of hydrogen-bond donors (Lipinski definition) is 2. The lowest BCUT2D eigenvalue weighted by Gasteiger charge is -2.15. The molecule has 0 aromatic carbocycles. The van der Waals surface area contributed by atoms with Gasteiger partial charge in [0.15, 0.2) is 5.82 Å². The highest BCUT2D eigenvalue weighted by Crippen LogP contribution is 2.23. The smallest absolute Gasteiger partial charge is 0.222 e. The zero-order valence-corrected chi connectivity index (χ0v) is 10.0. The lowest BCUT2D eigenvalue weighted by atomic mass is 10.1. The zero-order chi connectivity index (χ0) is 12.3. The van der Waals surface area contributed by atoms with E-state index in [0.717, 1.165) is 5.56 Å². The van der Waals surface area contributed by atoms with Crippen LogP contribution < -0.4 is 11.1 Å². The molecule has 0 saturated carbocycles. The van der Waals surface area contributed by atoms with Gasteiger partial charge in [0.05, 0.1) is 12.2 Å². The molecular formula is C11H12ClN5. The van der Waals surface area contributed by atoms with Crippen LogP contribution in [0.2, 0.25) is 5.02 Å². The number of hydrogen-bond acceptors (Lipinski definition) is 5. The first-order valence-corrected chi connectivity index (χ1v) is 5.49. The number of rotatable bonds is 3. The second-order valence-electron chi connectivity index (χ2n) is 3.57. The van der Waals surface area contributed by atoms with Crippen molar-refractivity contribution in [1.29, 1.82) is 0 Å². The van der Waals surface area contributed by atoms with Crippen LogP contribution in [0.3, 0.4) is 0 Å². The Labute approximate surface area is 104 Å². The third-order valence-electron chi connectivity index (χ3n) is 2.32. The maximum Gasteiger partial charge on any atom is 0.222 e. The number of nitrogens with zero attached hydrogens (tertiary/aromatic N) is 3. The molecule has 5 nitrogen and oxygen atoms in total. The highest BCUT2D eigenvalue weighted by molar-refractivity contribution is 6.32. The minimum atomic E-state index is 0.0600. The predicted molar refractivity (Wildman–Crippen MR) is 67.7 cm³/mol. The zero-order valence-electron chi connectivity index (χ0n) is 9.26. The van der Waals surface area contributed by atoms with Gasteiger partial charge in [-0.3, -0.25) is 4.98 Å². The van der Waals surface area contributed by atoms with Crippen molar-refractivity contribution in [3.8, 4) is 0 Å². The summed E-state index contributed by atoms with van der Waals surface area (Å²) in [4.78, 5) is 11.8. The van der Waals surface area contributed by atoms with Crippen molar-refractivity contribution in [1.82, 2.24) is 15.0 Å². The molecule has 0 bridgehead atoms. The van der Waals surface area contributed by atoms with Gasteiger partial charge in [-0.15, -0.1) is 0 Å². The van der Waals surface area contributed by atoms with Crippen molar-refractivity contribution >= 4 is 23.4 Å². The molecule has 1 atom stereocenters. The van der Waals surface area contributed by atoms with Crippen molar-refractivity contribution in [3.05, 3.63) is 41.3 Å². The average molecular weight is 250 g/mol. The van der Waals surface area contributed by atoms with Crippen LogP contribution in [0.15, 0.2) is 30.7 Å². The monoisotopic (exact) mass is 249 g/mol. The van der Waals surface area contributed by atoms with E-state index in [0.29, 0.717) is 10.8 Å². The van der Waals surface area contributed by atoms with Crippen molar-refractivity contribution < 1.29 is 0 Å². The Morgan fingerprint density at radius 3 is 2.76 bits per heavy atom. The molecule has 0 aliphatic carbocycles. The summed E-state index contributed by atoms with van der Waals surface area (Å²) in [6.07, 6.45) is 4.96. The first kappa shape index (κ1) is 11.6. The van der Waals surface area contributed by atoms with E-state index in [1.807, 2.05) is 19.1 Å². The van der Waals surface area contributed by atoms with Gasteiger partial charge < -0.3 is 11.1 Å². The quantitative estimate of drug-likeness (QED) is 0.873. The van der Waals surface area contributed by atoms with Gasteiger partial charge in [-0.2, -0.15) is 4.98 Å². The maximum absolute atomic E-state index is 5.97. The number of nitrogen functional groups attached to an aromatic ring is 1. The van der Waals surface area contributed by atoms with Crippen molar-refractivity contribution in [2.75, 3.05) is 11.1 Å². The molecule has 0 amide bonds. The van der Waals surface area contributed by atoms with Crippen LogP contribution in [-0.4, -0.2) is 15.0 Å². The van der Waals surface area contributed by atoms with E-state index in [4.69, 9.17) is 17.3 Å². The molecule has 2 aromatic rings. The normalized spacial score (nSPS) is 12.1. The SMILES string of the molecule is CC(Nc1nc(N)ncc1Cl)c1ccncc1. The molecule has 2 rings (SSSR count). The average Bonchev–Trinajstić information content (AvgIpc) is 2.35. The third kappa shape index (κ3) is 2.82. The molecule has 0 aliphatic rings. The largest absolute Gasteiger partial charge is 0.368 e. The summed E-state index contributed by atoms with van der Waals surface area (Å²) < 4.78 is 0. The van der Waals surface area contributed by atoms with Crippen LogP contribution in [0.1, 0.15) is 18.5 Å². The van der Waals surface area contributed by atoms with E-state index in [9.17, 15) is 0 Å². The lowest BCUT2D eigenvalue weighted by Crippen LogP contribution is -2.09. The summed E-state index contributed by atoms with van der Waals surface area (Å²) in [7, 11) is 0. The van der Waals surface area contributed by atoms with Gasteiger partial charge in [-0.1, -0.05) is 11.6 Å². The fourth-order valence-electron chi connectivity index (χ4n) is 1.42. The van der Waals surface area contributed by atoms with Crippen LogP contribution in [0.5, 0.6) is 0 Å². The summed E-state index contributed by atoms with van der Waals surface area (Å²) in [5.74, 6) is 0.724. The molecule has 2 heterocycles. The third-order valence-corrected chi connectivity index (χ3v) is 2.60. The molecule has 0 spiro atoms. The van der Waals surface area contributed by atoms with E-state index in [1.54, 1.807) is 12.4 Å². The van der Waals surface area contributed by atoms with Gasteiger partial charge in [0.1, 0.15) is 5.02 Å². The van der Waals surface area contributed by atoms with Gasteiger partial charge >= 0.3 is 0 Å². The summed E-state index contributed by atoms with van der Waals surface area (Å²) in [6, 6.07) is 3.91. The van der Waals surface area contributed by atoms with E-state index in [1.165, 1.54) is 6.20 Å². The Kier molecular flexibility index (Phi) is 3.39. The Hall–Kier alpha value is -1.88. The minimum Gasteiger partial charge on any atom is -0.368 e. The molecule has 1 unspecified atom stereocenters. The summed E-state index contributed by atoms with van der Waals surface area (Å²) >= 11 is 5.97. The molecule has 3 N–H and O–H groups in total. The molecule has 0 aliphatic heterocycles. The van der Waals surface area contributed by atoms with E-state index >= 15 is 0 Å². The molecular weight excluding hydrogens is 238 g/mol. The second kappa shape index (κ2) is 4.97. The molecule has 88 valence electrons. The number of nitrogens with two attached hydrogens (primary N) is 1. The number of anilines is 2. The van der Waals surface area contributed by atoms with E-state index < -0.39 is 0 Å². The summed E-state index contributed by atoms with van der Waals surface area (Å²) in [5.41, 5.74) is 6.60. The second-order valence-corrected chi connectivity index (χ2v) is 3.98. The molecule has 0 radical (unpaired) electrons. The summed E-state index contributed by atoms with van der Waals surface area (Å²) in [5, 5.41) is 3.62. The minimum absolute atomic E-state index is 0.0600. The standard InChI is InChI=1S/C11H12ClN5/c1-7(8-2-4-14-5-3-8)16-10-9(12)6-15-11(13)17-10/h2-7H,1H3,(H3,13,15,16,17). The molecule has 6 heteroatoms. The van der Waals surface area contributed by atoms with Crippen LogP contribution in [-0.2, 0) is 0 Å². The fraction of sp³-hybridized carbons (Fsp3) is 0.182. The van der Waals surface area contributed by atoms with Crippen molar-refractivity contribution in [3.63, 3.8) is 0 Å². The van der Waals surface area contributed by atoms with Gasteiger partial charge in [0.25, 0.3) is 0 Å². The predicted octanol–water partition coefficient (Wildman–Crippen LogP) is 2.28. The Balaban J connectivity index is 2.18. The number of nitrogens with one attached hydrogen (secondary N) is 1. The molecule has 17 heavy (non-hydrogen) atoms. The number of halogens is 1. The van der Waals surface area contributed by atoms with Gasteiger partial charge in [-0.25, -0.2) is 4.98 Å². The van der Waals surface area contributed by atoms with E-state index in [-0.39, 0.29) is 12.0 Å².